The van der Waals surface area contributed by atoms with Gasteiger partial charge in [0.15, 0.2) is 0 Å². The van der Waals surface area contributed by atoms with Gasteiger partial charge in [-0.25, -0.2) is 4.79 Å². The molecule has 0 aliphatic heterocycles. The first-order valence-electron chi connectivity index (χ1n) is 11.4. The van der Waals surface area contributed by atoms with E-state index < -0.39 is 59.0 Å². The molecule has 0 saturated heterocycles. The van der Waals surface area contributed by atoms with Gasteiger partial charge in [0.1, 0.15) is 23.4 Å². The van der Waals surface area contributed by atoms with Crippen molar-refractivity contribution >= 4 is 23.8 Å². The fraction of sp³-hybridized carbons (Fsp3) is 0.600. The number of carbonyl (C=O) groups excluding carboxylic acids is 4. The summed E-state index contributed by atoms with van der Waals surface area (Å²) in [6.07, 6.45) is -1.39. The average Bonchev–Trinajstić information content (AvgIpc) is 2.61. The number of ether oxygens (including phenoxy) is 1. The van der Waals surface area contributed by atoms with Gasteiger partial charge in [0.2, 0.25) is 17.7 Å². The topological polar surface area (TPSA) is 151 Å². The number of aromatic hydroxyl groups is 1. The number of phenolic OH excluding ortho intramolecular Hbond substituents is 1. The third-order valence-corrected chi connectivity index (χ3v) is 4.57. The van der Waals surface area contributed by atoms with Gasteiger partial charge in [0.25, 0.3) is 0 Å². The number of carbonyl (C=O) groups is 4. The number of hydrogen-bond donors (Lipinski definition) is 4. The molecule has 2 atom stereocenters. The maximum atomic E-state index is 13.9. The number of rotatable bonds is 7. The second-order valence-corrected chi connectivity index (χ2v) is 11.5. The molecule has 0 radical (unpaired) electrons. The molecule has 35 heavy (non-hydrogen) atoms. The number of alkyl carbamates (subject to hydrolysis) is 1. The van der Waals surface area contributed by atoms with Crippen LogP contribution in [0.15, 0.2) is 24.3 Å². The fourth-order valence-corrected chi connectivity index (χ4v) is 3.38. The zero-order valence-corrected chi connectivity index (χ0v) is 22.2. The first kappa shape index (κ1) is 29.7. The van der Waals surface area contributed by atoms with Gasteiger partial charge in [-0.05, 0) is 80.0 Å². The number of hydrogen-bond acceptors (Lipinski definition) is 6. The first-order chi connectivity index (χ1) is 15.7. The van der Waals surface area contributed by atoms with Crippen molar-refractivity contribution in [3.05, 3.63) is 29.8 Å². The largest absolute Gasteiger partial charge is 0.508 e. The highest BCUT2D eigenvalue weighted by atomic mass is 16.6. The molecule has 196 valence electrons. The van der Waals surface area contributed by atoms with Crippen molar-refractivity contribution in [3.8, 4) is 5.75 Å². The van der Waals surface area contributed by atoms with Crippen molar-refractivity contribution in [2.45, 2.75) is 97.5 Å². The Balaban J connectivity index is 3.59. The van der Waals surface area contributed by atoms with E-state index in [9.17, 15) is 24.3 Å². The molecular formula is C25H40N4O6. The third-order valence-electron chi connectivity index (χ3n) is 4.57. The Morgan fingerprint density at radius 1 is 0.971 bits per heavy atom. The van der Waals surface area contributed by atoms with E-state index in [0.717, 1.165) is 0 Å². The zero-order chi connectivity index (χ0) is 27.4. The van der Waals surface area contributed by atoms with Crippen LogP contribution in [0.25, 0.3) is 0 Å². The molecule has 1 aromatic carbocycles. The Morgan fingerprint density at radius 2 is 1.49 bits per heavy atom. The minimum Gasteiger partial charge on any atom is -0.508 e. The highest BCUT2D eigenvalue weighted by Gasteiger charge is 2.42. The Labute approximate surface area is 207 Å². The van der Waals surface area contributed by atoms with Crippen LogP contribution < -0.4 is 16.4 Å². The van der Waals surface area contributed by atoms with Crippen LogP contribution in [-0.4, -0.2) is 56.5 Å². The molecule has 0 saturated carbocycles. The average molecular weight is 493 g/mol. The Bertz CT molecular complexity index is 923. The van der Waals surface area contributed by atoms with E-state index >= 15 is 0 Å². The second kappa shape index (κ2) is 11.0. The summed E-state index contributed by atoms with van der Waals surface area (Å²) in [6.45, 7) is 15.6. The molecule has 1 aromatic rings. The molecule has 0 aromatic heterocycles. The third kappa shape index (κ3) is 9.84. The number of primary amides is 1. The Morgan fingerprint density at radius 3 is 1.89 bits per heavy atom. The van der Waals surface area contributed by atoms with E-state index in [-0.39, 0.29) is 5.75 Å². The van der Waals surface area contributed by atoms with Crippen molar-refractivity contribution in [2.24, 2.45) is 5.73 Å². The van der Waals surface area contributed by atoms with Crippen molar-refractivity contribution in [3.63, 3.8) is 0 Å². The van der Waals surface area contributed by atoms with Gasteiger partial charge in [0, 0.05) is 11.1 Å². The number of nitrogens with zero attached hydrogens (tertiary/aromatic N) is 1. The van der Waals surface area contributed by atoms with Gasteiger partial charge in [-0.15, -0.1) is 0 Å². The van der Waals surface area contributed by atoms with Crippen LogP contribution in [0, 0.1) is 0 Å². The summed E-state index contributed by atoms with van der Waals surface area (Å²) in [6, 6.07) is 3.40. The van der Waals surface area contributed by atoms with Crippen molar-refractivity contribution in [2.75, 3.05) is 0 Å². The minimum absolute atomic E-state index is 0.00411. The lowest BCUT2D eigenvalue weighted by atomic mass is 9.94. The highest BCUT2D eigenvalue weighted by molar-refractivity contribution is 5.95. The smallest absolute Gasteiger partial charge is 0.408 e. The summed E-state index contributed by atoms with van der Waals surface area (Å²) in [5.41, 5.74) is 3.44. The first-order valence-corrected chi connectivity index (χ1v) is 11.4. The summed E-state index contributed by atoms with van der Waals surface area (Å²) in [5.74, 6) is -1.98. The maximum absolute atomic E-state index is 13.9. The number of amides is 4. The normalized spacial score (nSPS) is 13.9. The molecule has 2 unspecified atom stereocenters. The molecular weight excluding hydrogens is 452 g/mol. The van der Waals surface area contributed by atoms with E-state index in [1.165, 1.54) is 17.0 Å². The van der Waals surface area contributed by atoms with Gasteiger partial charge in [-0.2, -0.15) is 0 Å². The van der Waals surface area contributed by atoms with Crippen molar-refractivity contribution < 1.29 is 29.0 Å². The molecule has 4 amide bonds. The van der Waals surface area contributed by atoms with Crippen LogP contribution in [0.5, 0.6) is 5.75 Å². The van der Waals surface area contributed by atoms with E-state index in [1.807, 2.05) is 20.8 Å². The lowest BCUT2D eigenvalue weighted by Gasteiger charge is -2.43. The zero-order valence-electron chi connectivity index (χ0n) is 22.2. The van der Waals surface area contributed by atoms with Crippen molar-refractivity contribution in [1.29, 1.82) is 0 Å². The van der Waals surface area contributed by atoms with E-state index in [4.69, 9.17) is 10.5 Å². The monoisotopic (exact) mass is 492 g/mol. The number of phenols is 1. The van der Waals surface area contributed by atoms with Crippen LogP contribution in [0.2, 0.25) is 0 Å². The SMILES string of the molecule is CC(C)(C)NC(=O)C(c1ccc(O)cc1)N(C(=O)C(CC(N)=O)NC(=O)OC(C)(C)C)C(C)(C)C. The van der Waals surface area contributed by atoms with Crippen LogP contribution in [-0.2, 0) is 19.1 Å². The quantitative estimate of drug-likeness (QED) is 0.459. The van der Waals surface area contributed by atoms with Gasteiger partial charge < -0.3 is 31.1 Å². The summed E-state index contributed by atoms with van der Waals surface area (Å²) in [5, 5.41) is 15.1. The van der Waals surface area contributed by atoms with Crippen LogP contribution in [0.3, 0.4) is 0 Å². The van der Waals surface area contributed by atoms with E-state index in [0.29, 0.717) is 5.56 Å². The summed E-state index contributed by atoms with van der Waals surface area (Å²) in [4.78, 5) is 53.0. The molecule has 0 fully saturated rings. The standard InChI is InChI=1S/C25H40N4O6/c1-23(2,3)28-20(32)19(15-10-12-16(30)13-11-15)29(24(4,5)6)21(33)17(14-18(26)31)27-22(34)35-25(7,8)9/h10-13,17,19,30H,14H2,1-9H3,(H2,26,31)(H,27,34)(H,28,32). The van der Waals surface area contributed by atoms with E-state index in [2.05, 4.69) is 10.6 Å². The van der Waals surface area contributed by atoms with Crippen molar-refractivity contribution in [1.82, 2.24) is 15.5 Å². The summed E-state index contributed by atoms with van der Waals surface area (Å²) >= 11 is 0. The molecule has 0 aliphatic carbocycles. The number of nitrogens with one attached hydrogen (secondary N) is 2. The molecule has 10 nitrogen and oxygen atoms in total. The Hall–Kier alpha value is -3.30. The predicted octanol–water partition coefficient (Wildman–Crippen LogP) is 2.74. The summed E-state index contributed by atoms with van der Waals surface area (Å²) in [7, 11) is 0. The Kier molecular flexibility index (Phi) is 9.31. The molecule has 1 rings (SSSR count). The maximum Gasteiger partial charge on any atom is 0.408 e. The van der Waals surface area contributed by atoms with Crippen LogP contribution in [0.4, 0.5) is 4.79 Å². The predicted molar refractivity (Wildman–Crippen MR) is 132 cm³/mol. The molecule has 0 aliphatic rings. The minimum atomic E-state index is -1.37. The molecule has 0 heterocycles. The lowest BCUT2D eigenvalue weighted by Crippen LogP contribution is -2.60. The highest BCUT2D eigenvalue weighted by Crippen LogP contribution is 2.31. The van der Waals surface area contributed by atoms with Gasteiger partial charge in [-0.3, -0.25) is 14.4 Å². The van der Waals surface area contributed by atoms with Gasteiger partial charge in [-0.1, -0.05) is 12.1 Å². The molecule has 0 bridgehead atoms. The fourth-order valence-electron chi connectivity index (χ4n) is 3.38. The number of nitrogens with two attached hydrogens (primary N) is 1. The van der Waals surface area contributed by atoms with Gasteiger partial charge in [0.05, 0.1) is 6.42 Å². The van der Waals surface area contributed by atoms with Crippen LogP contribution in [0.1, 0.15) is 80.3 Å². The van der Waals surface area contributed by atoms with Crippen LogP contribution >= 0.6 is 0 Å². The molecule has 10 heteroatoms. The summed E-state index contributed by atoms with van der Waals surface area (Å²) < 4.78 is 5.26. The van der Waals surface area contributed by atoms with Gasteiger partial charge >= 0.3 is 6.09 Å². The lowest BCUT2D eigenvalue weighted by molar-refractivity contribution is -0.149. The molecule has 0 spiro atoms. The second-order valence-electron chi connectivity index (χ2n) is 11.5. The molecule has 5 N–H and O–H groups in total. The van der Waals surface area contributed by atoms with E-state index in [1.54, 1.807) is 53.7 Å². The number of benzene rings is 1.